The molecule has 0 saturated carbocycles. The summed E-state index contributed by atoms with van der Waals surface area (Å²) < 4.78 is 0. The third kappa shape index (κ3) is 1.80. The Morgan fingerprint density at radius 1 is 0.824 bits per heavy atom. The average molecular weight is 219 g/mol. The van der Waals surface area contributed by atoms with Gasteiger partial charge in [0.25, 0.3) is 0 Å². The molecule has 0 atom stereocenters. The van der Waals surface area contributed by atoms with E-state index in [1.165, 1.54) is 22.1 Å². The molecule has 1 nitrogen and oxygen atoms in total. The minimum absolute atomic E-state index is 1.07. The van der Waals surface area contributed by atoms with Gasteiger partial charge in [-0.3, -0.25) is 4.98 Å². The van der Waals surface area contributed by atoms with Gasteiger partial charge in [0.15, 0.2) is 0 Å². The summed E-state index contributed by atoms with van der Waals surface area (Å²) in [6.45, 7) is 2.10. The van der Waals surface area contributed by atoms with Crippen LogP contribution >= 0.6 is 0 Å². The first-order valence-corrected chi connectivity index (χ1v) is 5.75. The van der Waals surface area contributed by atoms with Crippen LogP contribution in [0.5, 0.6) is 0 Å². The lowest BCUT2D eigenvalue weighted by Gasteiger charge is -2.06. The number of fused-ring (bicyclic) bond motifs is 1. The monoisotopic (exact) mass is 219 g/mol. The first kappa shape index (κ1) is 10.0. The molecule has 2 aromatic carbocycles. The van der Waals surface area contributed by atoms with Gasteiger partial charge >= 0.3 is 0 Å². The highest BCUT2D eigenvalue weighted by Crippen LogP contribution is 2.26. The van der Waals surface area contributed by atoms with Crippen LogP contribution in [0.1, 0.15) is 5.56 Å². The van der Waals surface area contributed by atoms with E-state index in [0.29, 0.717) is 0 Å². The van der Waals surface area contributed by atoms with Gasteiger partial charge in [0.05, 0.1) is 5.52 Å². The van der Waals surface area contributed by atoms with Crippen LogP contribution in [0.25, 0.3) is 22.0 Å². The van der Waals surface area contributed by atoms with Crippen molar-refractivity contribution in [2.75, 3.05) is 0 Å². The van der Waals surface area contributed by atoms with E-state index >= 15 is 0 Å². The molecule has 0 aliphatic heterocycles. The topological polar surface area (TPSA) is 12.9 Å². The number of aryl methyl sites for hydroxylation is 1. The Bertz CT molecular complexity index is 648. The van der Waals surface area contributed by atoms with Crippen molar-refractivity contribution < 1.29 is 0 Å². The van der Waals surface area contributed by atoms with Crippen molar-refractivity contribution in [3.63, 3.8) is 0 Å². The maximum atomic E-state index is 4.48. The number of hydrogen-bond acceptors (Lipinski definition) is 1. The summed E-state index contributed by atoms with van der Waals surface area (Å²) in [4.78, 5) is 4.48. The molecule has 1 heterocycles. The van der Waals surface area contributed by atoms with Crippen LogP contribution in [0.4, 0.5) is 0 Å². The number of nitrogens with zero attached hydrogens (tertiary/aromatic N) is 1. The van der Waals surface area contributed by atoms with Crippen molar-refractivity contribution in [3.05, 3.63) is 66.4 Å². The van der Waals surface area contributed by atoms with E-state index in [1.54, 1.807) is 0 Å². The van der Waals surface area contributed by atoms with E-state index in [1.807, 2.05) is 12.3 Å². The second-order valence-corrected chi connectivity index (χ2v) is 4.25. The number of pyridine rings is 1. The Labute approximate surface area is 101 Å². The molecule has 0 aliphatic rings. The summed E-state index contributed by atoms with van der Waals surface area (Å²) in [7, 11) is 0. The highest BCUT2D eigenvalue weighted by Gasteiger charge is 2.03. The molecule has 82 valence electrons. The van der Waals surface area contributed by atoms with Crippen molar-refractivity contribution in [1.82, 2.24) is 4.98 Å². The lowest BCUT2D eigenvalue weighted by Crippen LogP contribution is -1.84. The molecule has 17 heavy (non-hydrogen) atoms. The minimum atomic E-state index is 1.07. The predicted molar refractivity (Wildman–Crippen MR) is 71.9 cm³/mol. The van der Waals surface area contributed by atoms with Gasteiger partial charge in [-0.25, -0.2) is 0 Å². The van der Waals surface area contributed by atoms with E-state index < -0.39 is 0 Å². The van der Waals surface area contributed by atoms with Crippen LogP contribution in [-0.2, 0) is 0 Å². The van der Waals surface area contributed by atoms with Gasteiger partial charge in [-0.05, 0) is 18.6 Å². The van der Waals surface area contributed by atoms with Gasteiger partial charge in [-0.2, -0.15) is 0 Å². The number of rotatable bonds is 1. The molecule has 0 radical (unpaired) electrons. The summed E-state index contributed by atoms with van der Waals surface area (Å²) >= 11 is 0. The third-order valence-corrected chi connectivity index (χ3v) is 3.00. The minimum Gasteiger partial charge on any atom is -0.256 e. The fourth-order valence-electron chi connectivity index (χ4n) is 2.07. The first-order valence-electron chi connectivity index (χ1n) is 5.75. The average Bonchev–Trinajstić information content (AvgIpc) is 2.39. The van der Waals surface area contributed by atoms with E-state index in [4.69, 9.17) is 0 Å². The van der Waals surface area contributed by atoms with Gasteiger partial charge in [0, 0.05) is 17.1 Å². The number of aromatic nitrogens is 1. The van der Waals surface area contributed by atoms with E-state index in [0.717, 1.165) is 5.52 Å². The van der Waals surface area contributed by atoms with Crippen molar-refractivity contribution >= 4 is 10.9 Å². The SMILES string of the molecule is Cc1ccc(-c2cccc3cccnc23)cc1. The summed E-state index contributed by atoms with van der Waals surface area (Å²) in [6.07, 6.45) is 1.85. The smallest absolute Gasteiger partial charge is 0.0780 e. The fraction of sp³-hybridized carbons (Fsp3) is 0.0625. The fourth-order valence-corrected chi connectivity index (χ4v) is 2.07. The van der Waals surface area contributed by atoms with Crippen LogP contribution < -0.4 is 0 Å². The summed E-state index contributed by atoms with van der Waals surface area (Å²) in [5.74, 6) is 0. The standard InChI is InChI=1S/C16H13N/c1-12-7-9-13(10-8-12)15-6-2-4-14-5-3-11-17-16(14)15/h2-11H,1H3. The van der Waals surface area contributed by atoms with Crippen molar-refractivity contribution in [2.45, 2.75) is 6.92 Å². The molecule has 0 saturated heterocycles. The Kier molecular flexibility index (Phi) is 2.37. The Balaban J connectivity index is 2.27. The second kappa shape index (κ2) is 4.02. The Morgan fingerprint density at radius 3 is 2.41 bits per heavy atom. The Hall–Kier alpha value is -2.15. The lowest BCUT2D eigenvalue weighted by molar-refractivity contribution is 1.41. The molecule has 0 bridgehead atoms. The van der Waals surface area contributed by atoms with Gasteiger partial charge < -0.3 is 0 Å². The lowest BCUT2D eigenvalue weighted by atomic mass is 10.0. The normalized spacial score (nSPS) is 10.6. The predicted octanol–water partition coefficient (Wildman–Crippen LogP) is 4.21. The van der Waals surface area contributed by atoms with Gasteiger partial charge in [-0.1, -0.05) is 54.1 Å². The molecule has 0 N–H and O–H groups in total. The van der Waals surface area contributed by atoms with E-state index in [-0.39, 0.29) is 0 Å². The number of hydrogen-bond donors (Lipinski definition) is 0. The maximum Gasteiger partial charge on any atom is 0.0780 e. The summed E-state index contributed by atoms with van der Waals surface area (Å²) in [6, 6.07) is 19.0. The van der Waals surface area contributed by atoms with Gasteiger partial charge in [0.1, 0.15) is 0 Å². The molecule has 0 fully saturated rings. The highest BCUT2D eigenvalue weighted by molar-refractivity contribution is 5.93. The molecule has 0 amide bonds. The van der Waals surface area contributed by atoms with Crippen LogP contribution in [0, 0.1) is 6.92 Å². The van der Waals surface area contributed by atoms with E-state index in [2.05, 4.69) is 60.4 Å². The molecule has 1 heteroatoms. The maximum absolute atomic E-state index is 4.48. The zero-order valence-corrected chi connectivity index (χ0v) is 9.72. The van der Waals surface area contributed by atoms with Crippen LogP contribution in [0.3, 0.4) is 0 Å². The zero-order valence-electron chi connectivity index (χ0n) is 9.72. The molecule has 1 aromatic heterocycles. The molecular formula is C16H13N. The molecule has 3 aromatic rings. The second-order valence-electron chi connectivity index (χ2n) is 4.25. The number of benzene rings is 2. The quantitative estimate of drug-likeness (QED) is 0.597. The largest absolute Gasteiger partial charge is 0.256 e. The highest BCUT2D eigenvalue weighted by atomic mass is 14.6. The molecule has 0 spiro atoms. The Morgan fingerprint density at radius 2 is 1.59 bits per heavy atom. The van der Waals surface area contributed by atoms with Crippen molar-refractivity contribution in [1.29, 1.82) is 0 Å². The summed E-state index contributed by atoms with van der Waals surface area (Å²) in [5, 5.41) is 1.19. The molecule has 0 unspecified atom stereocenters. The molecule has 3 rings (SSSR count). The van der Waals surface area contributed by atoms with Crippen molar-refractivity contribution in [2.24, 2.45) is 0 Å². The summed E-state index contributed by atoms with van der Waals surface area (Å²) in [5.41, 5.74) is 4.77. The van der Waals surface area contributed by atoms with Crippen LogP contribution in [0.2, 0.25) is 0 Å². The van der Waals surface area contributed by atoms with Crippen LogP contribution in [0.15, 0.2) is 60.8 Å². The zero-order chi connectivity index (χ0) is 11.7. The van der Waals surface area contributed by atoms with Crippen molar-refractivity contribution in [3.8, 4) is 11.1 Å². The van der Waals surface area contributed by atoms with Gasteiger partial charge in [-0.15, -0.1) is 0 Å². The molecule has 0 aliphatic carbocycles. The molecular weight excluding hydrogens is 206 g/mol. The van der Waals surface area contributed by atoms with E-state index in [9.17, 15) is 0 Å². The third-order valence-electron chi connectivity index (χ3n) is 3.00. The number of para-hydroxylation sites is 1. The van der Waals surface area contributed by atoms with Gasteiger partial charge in [0.2, 0.25) is 0 Å². The van der Waals surface area contributed by atoms with Crippen LogP contribution in [-0.4, -0.2) is 4.98 Å². The first-order chi connectivity index (χ1) is 8.34.